The van der Waals surface area contributed by atoms with E-state index in [1.807, 2.05) is 18.2 Å². The van der Waals surface area contributed by atoms with Gasteiger partial charge >= 0.3 is 0 Å². The van der Waals surface area contributed by atoms with E-state index < -0.39 is 0 Å². The Morgan fingerprint density at radius 1 is 1.11 bits per heavy atom. The van der Waals surface area contributed by atoms with Gasteiger partial charge in [-0.05, 0) is 30.2 Å². The zero-order valence-electron chi connectivity index (χ0n) is 15.2. The van der Waals surface area contributed by atoms with E-state index in [0.29, 0.717) is 24.7 Å². The summed E-state index contributed by atoms with van der Waals surface area (Å²) in [5.74, 6) is 2.18. The summed E-state index contributed by atoms with van der Waals surface area (Å²) in [5, 5.41) is 0.929. The van der Waals surface area contributed by atoms with Crippen LogP contribution in [0.25, 0.3) is 10.9 Å². The standard InChI is InChI=1S/C20H20BrN3O3/c1-25-8-9-27-19-10-14-16(11-18(19)26-2)22-12-23-20(14)24-7-6-13-15(21)4-3-5-17(13)24/h3-5,10-12H,6-9H2,1-2H3. The lowest BCUT2D eigenvalue weighted by Gasteiger charge is -2.21. The molecule has 0 amide bonds. The second kappa shape index (κ2) is 7.70. The molecule has 0 fully saturated rings. The van der Waals surface area contributed by atoms with Gasteiger partial charge in [-0.2, -0.15) is 0 Å². The van der Waals surface area contributed by atoms with Gasteiger partial charge in [0.2, 0.25) is 0 Å². The smallest absolute Gasteiger partial charge is 0.162 e. The van der Waals surface area contributed by atoms with Gasteiger partial charge in [0, 0.05) is 35.3 Å². The Morgan fingerprint density at radius 3 is 2.81 bits per heavy atom. The van der Waals surface area contributed by atoms with Crippen LogP contribution in [-0.4, -0.2) is 43.9 Å². The predicted octanol–water partition coefficient (Wildman–Crippen LogP) is 4.12. The van der Waals surface area contributed by atoms with Crippen molar-refractivity contribution in [3.63, 3.8) is 0 Å². The second-order valence-electron chi connectivity index (χ2n) is 6.20. The average molecular weight is 430 g/mol. The van der Waals surface area contributed by atoms with Crippen LogP contribution >= 0.6 is 15.9 Å². The number of hydrogen-bond acceptors (Lipinski definition) is 6. The highest BCUT2D eigenvalue weighted by molar-refractivity contribution is 9.10. The maximum atomic E-state index is 5.85. The van der Waals surface area contributed by atoms with Crippen LogP contribution < -0.4 is 14.4 Å². The molecule has 0 spiro atoms. The molecule has 3 aromatic rings. The number of hydrogen-bond donors (Lipinski definition) is 0. The highest BCUT2D eigenvalue weighted by Gasteiger charge is 2.25. The van der Waals surface area contributed by atoms with Gasteiger partial charge in [0.05, 0.1) is 19.2 Å². The van der Waals surface area contributed by atoms with Crippen molar-refractivity contribution in [2.24, 2.45) is 0 Å². The first-order valence-corrected chi connectivity index (χ1v) is 9.51. The minimum absolute atomic E-state index is 0.445. The van der Waals surface area contributed by atoms with Gasteiger partial charge in [0.15, 0.2) is 11.5 Å². The number of halogens is 1. The Bertz CT molecular complexity index is 980. The number of nitrogens with zero attached hydrogens (tertiary/aromatic N) is 3. The van der Waals surface area contributed by atoms with Gasteiger partial charge in [-0.25, -0.2) is 9.97 Å². The maximum absolute atomic E-state index is 5.85. The largest absolute Gasteiger partial charge is 0.493 e. The third-order valence-corrected chi connectivity index (χ3v) is 5.41. The molecule has 0 saturated carbocycles. The summed E-state index contributed by atoms with van der Waals surface area (Å²) in [7, 11) is 3.27. The minimum Gasteiger partial charge on any atom is -0.493 e. The lowest BCUT2D eigenvalue weighted by Crippen LogP contribution is -2.15. The van der Waals surface area contributed by atoms with Crippen LogP contribution in [0.15, 0.2) is 41.1 Å². The molecule has 1 aliphatic heterocycles. The normalized spacial score (nSPS) is 13.1. The lowest BCUT2D eigenvalue weighted by atomic mass is 10.1. The Morgan fingerprint density at radius 2 is 2.00 bits per heavy atom. The molecule has 0 radical (unpaired) electrons. The summed E-state index contributed by atoms with van der Waals surface area (Å²) in [6.07, 6.45) is 2.56. The second-order valence-corrected chi connectivity index (χ2v) is 7.05. The van der Waals surface area contributed by atoms with Gasteiger partial charge < -0.3 is 19.1 Å². The Hall–Kier alpha value is -2.38. The summed E-state index contributed by atoms with van der Waals surface area (Å²) in [6, 6.07) is 10.1. The third-order valence-electron chi connectivity index (χ3n) is 4.67. The summed E-state index contributed by atoms with van der Waals surface area (Å²) < 4.78 is 17.5. The van der Waals surface area contributed by atoms with Crippen LogP contribution in [0.2, 0.25) is 0 Å². The van der Waals surface area contributed by atoms with Crippen molar-refractivity contribution in [2.75, 3.05) is 38.9 Å². The van der Waals surface area contributed by atoms with Crippen LogP contribution in [-0.2, 0) is 11.2 Å². The van der Waals surface area contributed by atoms with Crippen LogP contribution in [0.3, 0.4) is 0 Å². The fourth-order valence-corrected chi connectivity index (χ4v) is 3.94. The highest BCUT2D eigenvalue weighted by atomic mass is 79.9. The van der Waals surface area contributed by atoms with E-state index in [4.69, 9.17) is 14.2 Å². The van der Waals surface area contributed by atoms with Crippen molar-refractivity contribution in [3.8, 4) is 11.5 Å². The summed E-state index contributed by atoms with van der Waals surface area (Å²) >= 11 is 3.65. The van der Waals surface area contributed by atoms with Gasteiger partial charge in [-0.1, -0.05) is 22.0 Å². The Kier molecular flexibility index (Phi) is 5.13. The predicted molar refractivity (Wildman–Crippen MR) is 108 cm³/mol. The first kappa shape index (κ1) is 18.0. The molecule has 0 N–H and O–H groups in total. The van der Waals surface area contributed by atoms with Crippen molar-refractivity contribution in [1.29, 1.82) is 0 Å². The summed E-state index contributed by atoms with van der Waals surface area (Å²) in [6.45, 7) is 1.82. The van der Waals surface area contributed by atoms with Crippen LogP contribution in [0, 0.1) is 0 Å². The van der Waals surface area contributed by atoms with Crippen molar-refractivity contribution >= 4 is 38.3 Å². The molecule has 4 rings (SSSR count). The summed E-state index contributed by atoms with van der Waals surface area (Å²) in [5.41, 5.74) is 3.29. The number of methoxy groups -OCH3 is 2. The first-order chi connectivity index (χ1) is 13.2. The molecule has 0 aliphatic carbocycles. The molecular weight excluding hydrogens is 410 g/mol. The fraction of sp³-hybridized carbons (Fsp3) is 0.300. The fourth-order valence-electron chi connectivity index (χ4n) is 3.38. The molecule has 0 unspecified atom stereocenters. The zero-order valence-corrected chi connectivity index (χ0v) is 16.8. The minimum atomic E-state index is 0.445. The van der Waals surface area contributed by atoms with E-state index in [0.717, 1.165) is 34.2 Å². The topological polar surface area (TPSA) is 56.7 Å². The number of aromatic nitrogens is 2. The lowest BCUT2D eigenvalue weighted by molar-refractivity contribution is 0.144. The molecular formula is C20H20BrN3O3. The molecule has 6 nitrogen and oxygen atoms in total. The van der Waals surface area contributed by atoms with E-state index in [2.05, 4.69) is 42.9 Å². The van der Waals surface area contributed by atoms with Crippen LogP contribution in [0.4, 0.5) is 11.5 Å². The molecule has 7 heteroatoms. The van der Waals surface area contributed by atoms with Gasteiger partial charge in [0.1, 0.15) is 18.8 Å². The van der Waals surface area contributed by atoms with Crippen molar-refractivity contribution < 1.29 is 14.2 Å². The monoisotopic (exact) mass is 429 g/mol. The molecule has 0 saturated heterocycles. The number of rotatable bonds is 6. The maximum Gasteiger partial charge on any atom is 0.162 e. The van der Waals surface area contributed by atoms with Crippen molar-refractivity contribution in [1.82, 2.24) is 9.97 Å². The number of fused-ring (bicyclic) bond motifs is 2. The SMILES string of the molecule is COCCOc1cc2c(N3CCc4c(Br)cccc43)ncnc2cc1OC. The van der Waals surface area contributed by atoms with E-state index in [1.165, 1.54) is 11.3 Å². The van der Waals surface area contributed by atoms with Gasteiger partial charge in [-0.3, -0.25) is 0 Å². The first-order valence-electron chi connectivity index (χ1n) is 8.72. The van der Waals surface area contributed by atoms with Crippen LogP contribution in [0.5, 0.6) is 11.5 Å². The van der Waals surface area contributed by atoms with Gasteiger partial charge in [0.25, 0.3) is 0 Å². The highest BCUT2D eigenvalue weighted by Crippen LogP contribution is 2.41. The zero-order chi connectivity index (χ0) is 18.8. The molecule has 140 valence electrons. The molecule has 2 aromatic carbocycles. The van der Waals surface area contributed by atoms with Crippen molar-refractivity contribution in [3.05, 3.63) is 46.7 Å². The quantitative estimate of drug-likeness (QED) is 0.549. The van der Waals surface area contributed by atoms with E-state index in [9.17, 15) is 0 Å². The number of ether oxygens (including phenoxy) is 3. The molecule has 0 atom stereocenters. The van der Waals surface area contributed by atoms with Gasteiger partial charge in [-0.15, -0.1) is 0 Å². The van der Waals surface area contributed by atoms with Crippen molar-refractivity contribution in [2.45, 2.75) is 6.42 Å². The average Bonchev–Trinajstić information content (AvgIpc) is 3.12. The molecule has 0 bridgehead atoms. The third kappa shape index (κ3) is 3.33. The van der Waals surface area contributed by atoms with E-state index >= 15 is 0 Å². The van der Waals surface area contributed by atoms with E-state index in [-0.39, 0.29) is 0 Å². The Balaban J connectivity index is 1.80. The van der Waals surface area contributed by atoms with E-state index in [1.54, 1.807) is 20.5 Å². The summed E-state index contributed by atoms with van der Waals surface area (Å²) in [4.78, 5) is 11.2. The Labute approximate surface area is 166 Å². The molecule has 1 aromatic heterocycles. The molecule has 27 heavy (non-hydrogen) atoms. The number of benzene rings is 2. The van der Waals surface area contributed by atoms with Crippen LogP contribution in [0.1, 0.15) is 5.56 Å². The molecule has 2 heterocycles. The number of anilines is 2. The molecule has 1 aliphatic rings.